The second-order valence-electron chi connectivity index (χ2n) is 6.19. The minimum Gasteiger partial charge on any atom is -0.495 e. The van der Waals surface area contributed by atoms with Crippen LogP contribution in [0.15, 0.2) is 29.6 Å². The summed E-state index contributed by atoms with van der Waals surface area (Å²) in [6.07, 6.45) is 1.30. The lowest BCUT2D eigenvalue weighted by molar-refractivity contribution is -0.133. The lowest BCUT2D eigenvalue weighted by Crippen LogP contribution is -2.35. The number of carbonyl (C=O) groups is 2. The summed E-state index contributed by atoms with van der Waals surface area (Å²) in [7, 11) is 1.57. The molecule has 0 radical (unpaired) electrons. The molecule has 132 valence electrons. The van der Waals surface area contributed by atoms with Gasteiger partial charge in [0.2, 0.25) is 11.8 Å². The Kier molecular flexibility index (Phi) is 5.38. The van der Waals surface area contributed by atoms with Crippen molar-refractivity contribution in [1.82, 2.24) is 4.90 Å². The summed E-state index contributed by atoms with van der Waals surface area (Å²) in [5.41, 5.74) is 2.91. The topological polar surface area (TPSA) is 58.6 Å². The number of carbonyl (C=O) groups excluding carboxylic acids is 2. The number of hydrogen-bond donors (Lipinski definition) is 1. The third-order valence-electron chi connectivity index (χ3n) is 4.36. The van der Waals surface area contributed by atoms with Crippen LogP contribution >= 0.6 is 11.3 Å². The van der Waals surface area contributed by atoms with Gasteiger partial charge in [0.15, 0.2) is 0 Å². The van der Waals surface area contributed by atoms with Crippen LogP contribution in [0.4, 0.5) is 5.69 Å². The third kappa shape index (κ3) is 4.20. The van der Waals surface area contributed by atoms with E-state index >= 15 is 0 Å². The number of amides is 2. The fraction of sp³-hybridized carbons (Fsp3) is 0.368. The van der Waals surface area contributed by atoms with Gasteiger partial charge in [-0.1, -0.05) is 6.07 Å². The van der Waals surface area contributed by atoms with Crippen molar-refractivity contribution >= 4 is 28.8 Å². The molecule has 0 saturated heterocycles. The molecule has 3 rings (SSSR count). The maximum absolute atomic E-state index is 12.4. The Hall–Kier alpha value is -2.34. The van der Waals surface area contributed by atoms with E-state index in [9.17, 15) is 9.59 Å². The zero-order valence-corrected chi connectivity index (χ0v) is 15.3. The fourth-order valence-electron chi connectivity index (χ4n) is 2.97. The Balaban J connectivity index is 1.53. The zero-order valence-electron chi connectivity index (χ0n) is 14.5. The molecule has 0 atom stereocenters. The van der Waals surface area contributed by atoms with E-state index in [1.165, 1.54) is 10.4 Å². The summed E-state index contributed by atoms with van der Waals surface area (Å²) in [6.45, 7) is 3.35. The first-order valence-corrected chi connectivity index (χ1v) is 9.22. The zero-order chi connectivity index (χ0) is 17.8. The van der Waals surface area contributed by atoms with E-state index in [1.54, 1.807) is 18.4 Å². The summed E-state index contributed by atoms with van der Waals surface area (Å²) in [6, 6.07) is 7.69. The van der Waals surface area contributed by atoms with E-state index < -0.39 is 0 Å². The van der Waals surface area contributed by atoms with Gasteiger partial charge in [-0.05, 0) is 48.1 Å². The summed E-state index contributed by atoms with van der Waals surface area (Å²) >= 11 is 1.75. The quantitative estimate of drug-likeness (QED) is 0.891. The number of thiophene rings is 1. The van der Waals surface area contributed by atoms with Gasteiger partial charge in [-0.2, -0.15) is 0 Å². The molecule has 5 nitrogen and oxygen atoms in total. The SMILES string of the molecule is COc1ccc(C)cc1NC(=O)CCC(=O)N1CCc2sccc2C1. The molecule has 2 amide bonds. The predicted octanol–water partition coefficient (Wildman–Crippen LogP) is 3.37. The fourth-order valence-corrected chi connectivity index (χ4v) is 3.86. The molecule has 1 aromatic carbocycles. The lowest BCUT2D eigenvalue weighted by atomic mass is 10.1. The molecule has 1 aliphatic rings. The van der Waals surface area contributed by atoms with Crippen molar-refractivity contribution in [3.63, 3.8) is 0 Å². The molecule has 1 aromatic heterocycles. The van der Waals surface area contributed by atoms with Crippen LogP contribution < -0.4 is 10.1 Å². The minimum atomic E-state index is -0.175. The van der Waals surface area contributed by atoms with Gasteiger partial charge in [0.05, 0.1) is 12.8 Å². The van der Waals surface area contributed by atoms with Gasteiger partial charge < -0.3 is 15.0 Å². The molecule has 6 heteroatoms. The van der Waals surface area contributed by atoms with E-state index in [2.05, 4.69) is 16.8 Å². The molecule has 0 unspecified atom stereocenters. The van der Waals surface area contributed by atoms with Crippen molar-refractivity contribution < 1.29 is 14.3 Å². The summed E-state index contributed by atoms with van der Waals surface area (Å²) < 4.78 is 5.26. The monoisotopic (exact) mass is 358 g/mol. The van der Waals surface area contributed by atoms with E-state index in [0.717, 1.165) is 18.5 Å². The van der Waals surface area contributed by atoms with Crippen molar-refractivity contribution in [2.45, 2.75) is 32.7 Å². The number of nitrogens with one attached hydrogen (secondary N) is 1. The highest BCUT2D eigenvalue weighted by molar-refractivity contribution is 7.10. The van der Waals surface area contributed by atoms with Gasteiger partial charge in [-0.3, -0.25) is 9.59 Å². The third-order valence-corrected chi connectivity index (χ3v) is 5.38. The van der Waals surface area contributed by atoms with E-state index in [1.807, 2.05) is 30.0 Å². The summed E-state index contributed by atoms with van der Waals surface area (Å²) in [4.78, 5) is 27.8. The van der Waals surface area contributed by atoms with Gasteiger partial charge >= 0.3 is 0 Å². The van der Waals surface area contributed by atoms with Crippen LogP contribution in [0, 0.1) is 6.92 Å². The van der Waals surface area contributed by atoms with Gasteiger partial charge in [-0.15, -0.1) is 11.3 Å². The second-order valence-corrected chi connectivity index (χ2v) is 7.19. The molecule has 1 N–H and O–H groups in total. The first kappa shape index (κ1) is 17.5. The average Bonchev–Trinajstić information content (AvgIpc) is 3.07. The largest absolute Gasteiger partial charge is 0.495 e. The molecule has 0 bridgehead atoms. The number of nitrogens with zero attached hydrogens (tertiary/aromatic N) is 1. The predicted molar refractivity (Wildman–Crippen MR) is 99.0 cm³/mol. The number of aryl methyl sites for hydroxylation is 1. The van der Waals surface area contributed by atoms with Gasteiger partial charge in [0.25, 0.3) is 0 Å². The number of hydrogen-bond acceptors (Lipinski definition) is 4. The Labute approximate surface area is 151 Å². The first-order valence-electron chi connectivity index (χ1n) is 8.34. The van der Waals surface area contributed by atoms with Crippen molar-refractivity contribution in [3.05, 3.63) is 45.6 Å². The number of fused-ring (bicyclic) bond motifs is 1. The van der Waals surface area contributed by atoms with E-state index in [0.29, 0.717) is 18.0 Å². The lowest BCUT2D eigenvalue weighted by Gasteiger charge is -2.27. The van der Waals surface area contributed by atoms with Gasteiger partial charge in [-0.25, -0.2) is 0 Å². The Bertz CT molecular complexity index is 785. The Morgan fingerprint density at radius 3 is 2.92 bits per heavy atom. The van der Waals surface area contributed by atoms with Crippen LogP contribution in [0.3, 0.4) is 0 Å². The van der Waals surface area contributed by atoms with Crippen LogP contribution in [0.25, 0.3) is 0 Å². The normalized spacial score (nSPS) is 13.3. The molecule has 2 heterocycles. The maximum atomic E-state index is 12.4. The van der Waals surface area contributed by atoms with E-state index in [4.69, 9.17) is 4.74 Å². The van der Waals surface area contributed by atoms with Crippen molar-refractivity contribution in [2.24, 2.45) is 0 Å². The van der Waals surface area contributed by atoms with Crippen LogP contribution in [0.2, 0.25) is 0 Å². The number of methoxy groups -OCH3 is 1. The molecule has 1 aliphatic heterocycles. The van der Waals surface area contributed by atoms with Crippen LogP contribution in [0.5, 0.6) is 5.75 Å². The number of rotatable bonds is 5. The molecule has 2 aromatic rings. The summed E-state index contributed by atoms with van der Waals surface area (Å²) in [5, 5.41) is 4.91. The smallest absolute Gasteiger partial charge is 0.224 e. The van der Waals surface area contributed by atoms with E-state index in [-0.39, 0.29) is 24.7 Å². The standard InChI is InChI=1S/C19H22N2O3S/c1-13-3-4-16(24-2)15(11-13)20-18(22)5-6-19(23)21-9-7-17-14(12-21)8-10-25-17/h3-4,8,10-11H,5-7,9,12H2,1-2H3,(H,20,22). The molecular weight excluding hydrogens is 336 g/mol. The first-order chi connectivity index (χ1) is 12.1. The van der Waals surface area contributed by atoms with Crippen LogP contribution in [-0.4, -0.2) is 30.4 Å². The highest BCUT2D eigenvalue weighted by atomic mass is 32.1. The maximum Gasteiger partial charge on any atom is 0.224 e. The van der Waals surface area contributed by atoms with Crippen LogP contribution in [0.1, 0.15) is 28.8 Å². The van der Waals surface area contributed by atoms with Crippen molar-refractivity contribution in [1.29, 1.82) is 0 Å². The number of ether oxygens (including phenoxy) is 1. The molecular formula is C19H22N2O3S. The highest BCUT2D eigenvalue weighted by Crippen LogP contribution is 2.26. The molecule has 0 saturated carbocycles. The molecule has 0 fully saturated rings. The molecule has 0 aliphatic carbocycles. The Morgan fingerprint density at radius 1 is 1.28 bits per heavy atom. The van der Waals surface area contributed by atoms with Crippen molar-refractivity contribution in [2.75, 3.05) is 19.0 Å². The average molecular weight is 358 g/mol. The number of anilines is 1. The minimum absolute atomic E-state index is 0.0307. The highest BCUT2D eigenvalue weighted by Gasteiger charge is 2.21. The second kappa shape index (κ2) is 7.70. The van der Waals surface area contributed by atoms with Gasteiger partial charge in [0.1, 0.15) is 5.75 Å². The number of benzene rings is 1. The summed E-state index contributed by atoms with van der Waals surface area (Å²) in [5.74, 6) is 0.472. The van der Waals surface area contributed by atoms with Crippen molar-refractivity contribution in [3.8, 4) is 5.75 Å². The van der Waals surface area contributed by atoms with Gasteiger partial charge in [0, 0.05) is 30.8 Å². The molecule has 25 heavy (non-hydrogen) atoms. The van der Waals surface area contributed by atoms with Crippen LogP contribution in [-0.2, 0) is 22.6 Å². The Morgan fingerprint density at radius 2 is 2.12 bits per heavy atom. The molecule has 0 spiro atoms.